The summed E-state index contributed by atoms with van der Waals surface area (Å²) in [6, 6.07) is 16.7. The van der Waals surface area contributed by atoms with Crippen LogP contribution in [0, 0.1) is 4.77 Å². The number of carbonyl (C=O) groups is 1. The molecule has 0 unspecified atom stereocenters. The number of aromatic nitrogens is 2. The average molecular weight is 550 g/mol. The Labute approximate surface area is 235 Å². The third-order valence-corrected chi connectivity index (χ3v) is 8.15. The summed E-state index contributed by atoms with van der Waals surface area (Å²) in [5.74, 6) is 0.132. The number of benzene rings is 2. The van der Waals surface area contributed by atoms with E-state index in [4.69, 9.17) is 17.0 Å². The lowest BCUT2D eigenvalue weighted by atomic mass is 10.0. The van der Waals surface area contributed by atoms with Crippen LogP contribution in [0.3, 0.4) is 0 Å². The second-order valence-corrected chi connectivity index (χ2v) is 11.0. The first-order chi connectivity index (χ1) is 19.1. The topological polar surface area (TPSA) is 82.6 Å². The lowest BCUT2D eigenvalue weighted by Gasteiger charge is -2.32. The van der Waals surface area contributed by atoms with Gasteiger partial charge >= 0.3 is 0 Å². The number of hydrogen-bond acceptors (Lipinski definition) is 6. The van der Waals surface area contributed by atoms with Crippen molar-refractivity contribution in [2.45, 2.75) is 57.7 Å². The van der Waals surface area contributed by atoms with E-state index >= 15 is 0 Å². The zero-order chi connectivity index (χ0) is 27.0. The molecule has 0 spiro atoms. The Morgan fingerprint density at radius 2 is 1.77 bits per heavy atom. The fourth-order valence-electron chi connectivity index (χ4n) is 5.57. The van der Waals surface area contributed by atoms with Crippen LogP contribution in [0.4, 0.5) is 5.69 Å². The van der Waals surface area contributed by atoms with E-state index in [0.717, 1.165) is 76.0 Å². The van der Waals surface area contributed by atoms with Gasteiger partial charge in [-0.3, -0.25) is 19.1 Å². The highest BCUT2D eigenvalue weighted by Gasteiger charge is 2.20. The highest BCUT2D eigenvalue weighted by molar-refractivity contribution is 7.71. The van der Waals surface area contributed by atoms with Gasteiger partial charge in [0.1, 0.15) is 0 Å². The van der Waals surface area contributed by atoms with Crippen LogP contribution in [0.15, 0.2) is 53.3 Å². The standard InChI is InChI=1S/C30H39N5O3S/c36-28(31-24-12-15-33(16-13-24)22-23-7-3-1-4-8-23)9-5-2-6-14-35-29(37)26-21-25(34-17-19-38-20-18-34)10-11-27(26)32-30(35)39/h1,3-4,7-8,10-11,21,24H,2,5-6,9,12-20,22H2,(H,31,36)(H,32,39). The lowest BCUT2D eigenvalue weighted by Crippen LogP contribution is -2.44. The van der Waals surface area contributed by atoms with E-state index in [1.807, 2.05) is 24.3 Å². The van der Waals surface area contributed by atoms with E-state index in [1.165, 1.54) is 5.56 Å². The van der Waals surface area contributed by atoms with Crippen molar-refractivity contribution >= 4 is 34.7 Å². The van der Waals surface area contributed by atoms with Gasteiger partial charge in [-0.25, -0.2) is 0 Å². The summed E-state index contributed by atoms with van der Waals surface area (Å²) >= 11 is 5.49. The van der Waals surface area contributed by atoms with Crippen molar-refractivity contribution in [3.8, 4) is 0 Å². The minimum atomic E-state index is -0.0554. The van der Waals surface area contributed by atoms with Crippen molar-refractivity contribution in [3.05, 3.63) is 69.2 Å². The van der Waals surface area contributed by atoms with Gasteiger partial charge in [0.2, 0.25) is 5.91 Å². The molecule has 2 aliphatic rings. The number of piperidine rings is 1. The number of fused-ring (bicyclic) bond motifs is 1. The largest absolute Gasteiger partial charge is 0.378 e. The second-order valence-electron chi connectivity index (χ2n) is 10.6. The van der Waals surface area contributed by atoms with E-state index < -0.39 is 0 Å². The summed E-state index contributed by atoms with van der Waals surface area (Å²) in [5, 5.41) is 3.88. The van der Waals surface area contributed by atoms with Gasteiger partial charge in [-0.2, -0.15) is 0 Å². The Hall–Kier alpha value is -3.01. The molecule has 8 nitrogen and oxygen atoms in total. The van der Waals surface area contributed by atoms with Crippen LogP contribution in [0.1, 0.15) is 44.1 Å². The monoisotopic (exact) mass is 549 g/mol. The highest BCUT2D eigenvalue weighted by Crippen LogP contribution is 2.20. The number of aromatic amines is 1. The Bertz CT molecular complexity index is 1360. The van der Waals surface area contributed by atoms with Crippen LogP contribution in [-0.4, -0.2) is 65.8 Å². The Balaban J connectivity index is 1.05. The number of H-pyrrole nitrogens is 1. The Morgan fingerprint density at radius 3 is 2.54 bits per heavy atom. The molecular weight excluding hydrogens is 510 g/mol. The van der Waals surface area contributed by atoms with Crippen LogP contribution in [-0.2, 0) is 22.6 Å². The van der Waals surface area contributed by atoms with E-state index in [0.29, 0.717) is 36.3 Å². The van der Waals surface area contributed by atoms with E-state index in [-0.39, 0.29) is 17.5 Å². The zero-order valence-corrected chi connectivity index (χ0v) is 23.4. The third kappa shape index (κ3) is 7.35. The number of nitrogens with zero attached hydrogens (tertiary/aromatic N) is 3. The number of amides is 1. The molecule has 0 bridgehead atoms. The summed E-state index contributed by atoms with van der Waals surface area (Å²) in [4.78, 5) is 33.7. The van der Waals surface area contributed by atoms with Gasteiger partial charge in [0.25, 0.3) is 5.56 Å². The highest BCUT2D eigenvalue weighted by atomic mass is 32.1. The molecular formula is C30H39N5O3S. The zero-order valence-electron chi connectivity index (χ0n) is 22.6. The Kier molecular flexibility index (Phi) is 9.44. The minimum Gasteiger partial charge on any atom is -0.378 e. The SMILES string of the molecule is O=C(CCCCCn1c(=S)[nH]c2ccc(N3CCOCC3)cc2c1=O)NC1CCN(Cc2ccccc2)CC1. The number of carbonyl (C=O) groups excluding carboxylic acids is 1. The maximum atomic E-state index is 13.3. The summed E-state index contributed by atoms with van der Waals surface area (Å²) < 4.78 is 7.56. The number of ether oxygens (including phenoxy) is 1. The van der Waals surface area contributed by atoms with Crippen molar-refractivity contribution in [1.29, 1.82) is 0 Å². The molecule has 0 radical (unpaired) electrons. The molecule has 0 saturated carbocycles. The molecule has 0 aliphatic carbocycles. The first kappa shape index (κ1) is 27.6. The van der Waals surface area contributed by atoms with Crippen LogP contribution in [0.2, 0.25) is 0 Å². The number of nitrogens with one attached hydrogen (secondary N) is 2. The van der Waals surface area contributed by atoms with Gasteiger partial charge in [0, 0.05) is 57.4 Å². The molecule has 208 valence electrons. The van der Waals surface area contributed by atoms with Crippen LogP contribution in [0.25, 0.3) is 10.9 Å². The molecule has 1 aromatic heterocycles. The first-order valence-corrected chi connectivity index (χ1v) is 14.6. The molecule has 2 saturated heterocycles. The molecule has 3 aromatic rings. The number of anilines is 1. The van der Waals surface area contributed by atoms with E-state index in [1.54, 1.807) is 4.57 Å². The summed E-state index contributed by atoms with van der Waals surface area (Å²) in [7, 11) is 0. The quantitative estimate of drug-likeness (QED) is 0.291. The van der Waals surface area contributed by atoms with Gasteiger partial charge < -0.3 is 19.9 Å². The molecule has 2 N–H and O–H groups in total. The second kappa shape index (κ2) is 13.4. The molecule has 5 rings (SSSR count). The fraction of sp³-hybridized carbons (Fsp3) is 0.500. The fourth-order valence-corrected chi connectivity index (χ4v) is 5.85. The molecule has 39 heavy (non-hydrogen) atoms. The lowest BCUT2D eigenvalue weighted by molar-refractivity contribution is -0.122. The van der Waals surface area contributed by atoms with E-state index in [9.17, 15) is 9.59 Å². The Morgan fingerprint density at radius 1 is 1.00 bits per heavy atom. The number of morpholine rings is 1. The van der Waals surface area contributed by atoms with Gasteiger partial charge in [-0.15, -0.1) is 0 Å². The molecule has 1 amide bonds. The first-order valence-electron chi connectivity index (χ1n) is 14.2. The maximum absolute atomic E-state index is 13.3. The minimum absolute atomic E-state index is 0.0554. The summed E-state index contributed by atoms with van der Waals surface area (Å²) in [5.41, 5.74) is 3.08. The molecule has 2 fully saturated rings. The van der Waals surface area contributed by atoms with Crippen molar-refractivity contribution < 1.29 is 9.53 Å². The average Bonchev–Trinajstić information content (AvgIpc) is 2.96. The number of likely N-dealkylation sites (tertiary alicyclic amines) is 1. The van der Waals surface area contributed by atoms with Gasteiger partial charge in [-0.1, -0.05) is 36.8 Å². The molecule has 9 heteroatoms. The van der Waals surface area contributed by atoms with Crippen LogP contribution >= 0.6 is 12.2 Å². The number of hydrogen-bond donors (Lipinski definition) is 2. The van der Waals surface area contributed by atoms with Gasteiger partial charge in [-0.05, 0) is 61.7 Å². The molecule has 3 heterocycles. The predicted octanol–water partition coefficient (Wildman–Crippen LogP) is 4.24. The normalized spacial score (nSPS) is 17.0. The third-order valence-electron chi connectivity index (χ3n) is 7.83. The number of rotatable bonds is 10. The molecule has 2 aromatic carbocycles. The summed E-state index contributed by atoms with van der Waals surface area (Å²) in [6.07, 6.45) is 4.99. The predicted molar refractivity (Wildman–Crippen MR) is 158 cm³/mol. The van der Waals surface area contributed by atoms with Crippen LogP contribution < -0.4 is 15.8 Å². The summed E-state index contributed by atoms with van der Waals surface area (Å²) in [6.45, 7) is 6.58. The van der Waals surface area contributed by atoms with Gasteiger partial charge in [0.05, 0.1) is 24.1 Å². The maximum Gasteiger partial charge on any atom is 0.262 e. The van der Waals surface area contributed by atoms with Crippen molar-refractivity contribution in [1.82, 2.24) is 19.8 Å². The molecule has 2 aliphatic heterocycles. The van der Waals surface area contributed by atoms with Crippen molar-refractivity contribution in [3.63, 3.8) is 0 Å². The smallest absolute Gasteiger partial charge is 0.262 e. The number of unbranched alkanes of at least 4 members (excludes halogenated alkanes) is 2. The molecule has 0 atom stereocenters. The van der Waals surface area contributed by atoms with Crippen molar-refractivity contribution in [2.75, 3.05) is 44.3 Å². The van der Waals surface area contributed by atoms with Crippen LogP contribution in [0.5, 0.6) is 0 Å². The van der Waals surface area contributed by atoms with Gasteiger partial charge in [0.15, 0.2) is 4.77 Å². The van der Waals surface area contributed by atoms with Crippen molar-refractivity contribution in [2.24, 2.45) is 0 Å². The van der Waals surface area contributed by atoms with E-state index in [2.05, 4.69) is 44.4 Å².